The van der Waals surface area contributed by atoms with Gasteiger partial charge in [-0.3, -0.25) is 4.79 Å². The maximum atomic E-state index is 15.5. The average molecular weight is 516 g/mol. The van der Waals surface area contributed by atoms with Crippen molar-refractivity contribution in [2.75, 3.05) is 43.2 Å². The minimum absolute atomic E-state index is 0.0623. The number of anilines is 3. The zero-order valence-electron chi connectivity index (χ0n) is 20.9. The van der Waals surface area contributed by atoms with Gasteiger partial charge in [-0.2, -0.15) is 0 Å². The first-order valence-electron chi connectivity index (χ1n) is 12.3. The van der Waals surface area contributed by atoms with Crippen LogP contribution in [0.4, 0.5) is 21.7 Å². The number of carbonyl (C=O) groups is 1. The van der Waals surface area contributed by atoms with Crippen molar-refractivity contribution >= 4 is 34.1 Å². The van der Waals surface area contributed by atoms with Gasteiger partial charge >= 0.3 is 0 Å². The summed E-state index contributed by atoms with van der Waals surface area (Å²) in [7, 11) is 1.61. The van der Waals surface area contributed by atoms with Crippen LogP contribution in [0.3, 0.4) is 0 Å². The topological polar surface area (TPSA) is 136 Å². The smallest absolute Gasteiger partial charge is 0.247 e. The van der Waals surface area contributed by atoms with E-state index < -0.39 is 11.9 Å². The van der Waals surface area contributed by atoms with E-state index in [0.717, 1.165) is 22.4 Å². The van der Waals surface area contributed by atoms with Crippen LogP contribution < -0.4 is 31.2 Å². The van der Waals surface area contributed by atoms with Crippen molar-refractivity contribution in [3.8, 4) is 22.8 Å². The highest BCUT2D eigenvalue weighted by molar-refractivity contribution is 5.96. The summed E-state index contributed by atoms with van der Waals surface area (Å²) in [5.74, 6) is 0.629. The third-order valence-electron chi connectivity index (χ3n) is 7.01. The summed E-state index contributed by atoms with van der Waals surface area (Å²) in [6.45, 7) is 3.50. The van der Waals surface area contributed by atoms with E-state index in [2.05, 4.69) is 30.9 Å². The van der Waals surface area contributed by atoms with Crippen LogP contribution in [0.15, 0.2) is 36.7 Å². The molecule has 1 atom stereocenters. The lowest BCUT2D eigenvalue weighted by atomic mass is 9.98. The van der Waals surface area contributed by atoms with E-state index in [-0.39, 0.29) is 23.1 Å². The van der Waals surface area contributed by atoms with Crippen molar-refractivity contribution in [1.29, 1.82) is 0 Å². The van der Waals surface area contributed by atoms with Gasteiger partial charge in [0, 0.05) is 47.6 Å². The van der Waals surface area contributed by atoms with Gasteiger partial charge in [0.1, 0.15) is 24.1 Å². The summed E-state index contributed by atoms with van der Waals surface area (Å²) in [4.78, 5) is 26.3. The number of methoxy groups -OCH3 is 1. The van der Waals surface area contributed by atoms with Gasteiger partial charge in [-0.25, -0.2) is 19.3 Å². The molecule has 0 aliphatic carbocycles. The molecule has 0 radical (unpaired) electrons. The van der Waals surface area contributed by atoms with Crippen molar-refractivity contribution in [2.24, 2.45) is 0 Å². The SMILES string of the molecule is COc1cccc2c1CCNC(=O)C2Nc1ncc2c(N)c(F)c(-c3cnc4c(c3C)NCCO4)cc2n1. The number of halogens is 1. The Balaban J connectivity index is 1.42. The van der Waals surface area contributed by atoms with Crippen molar-refractivity contribution in [1.82, 2.24) is 20.3 Å². The predicted molar refractivity (Wildman–Crippen MR) is 142 cm³/mol. The Kier molecular flexibility index (Phi) is 5.82. The molecule has 1 unspecified atom stereocenters. The largest absolute Gasteiger partial charge is 0.496 e. The third-order valence-corrected chi connectivity index (χ3v) is 7.01. The number of aromatic nitrogens is 3. The van der Waals surface area contributed by atoms with E-state index >= 15 is 4.39 Å². The maximum absolute atomic E-state index is 15.5. The number of nitrogens with zero attached hydrogens (tertiary/aromatic N) is 3. The van der Waals surface area contributed by atoms with Crippen molar-refractivity contribution in [2.45, 2.75) is 19.4 Å². The molecule has 194 valence electrons. The lowest BCUT2D eigenvalue weighted by Gasteiger charge is -2.22. The number of benzene rings is 2. The number of nitrogen functional groups attached to an aromatic ring is 1. The van der Waals surface area contributed by atoms with Crippen molar-refractivity contribution in [3.05, 3.63) is 59.2 Å². The van der Waals surface area contributed by atoms with Gasteiger partial charge in [0.25, 0.3) is 0 Å². The summed E-state index contributed by atoms with van der Waals surface area (Å²) in [6, 6.07) is 6.48. The summed E-state index contributed by atoms with van der Waals surface area (Å²) in [5.41, 5.74) is 10.7. The number of ether oxygens (including phenoxy) is 2. The predicted octanol–water partition coefficient (Wildman–Crippen LogP) is 3.36. The molecule has 0 saturated carbocycles. The van der Waals surface area contributed by atoms with E-state index in [1.807, 2.05) is 25.1 Å². The molecule has 2 aliphatic heterocycles. The molecule has 2 aromatic heterocycles. The van der Waals surface area contributed by atoms with Crippen LogP contribution in [0.2, 0.25) is 0 Å². The third kappa shape index (κ3) is 3.87. The number of pyridine rings is 1. The van der Waals surface area contributed by atoms with Crippen molar-refractivity contribution < 1.29 is 18.7 Å². The minimum atomic E-state index is -0.740. The normalized spacial score (nSPS) is 16.4. The summed E-state index contributed by atoms with van der Waals surface area (Å²) < 4.78 is 26.6. The van der Waals surface area contributed by atoms with Gasteiger partial charge in [-0.1, -0.05) is 12.1 Å². The van der Waals surface area contributed by atoms with Gasteiger partial charge < -0.3 is 31.2 Å². The fraction of sp³-hybridized carbons (Fsp3) is 0.259. The number of rotatable bonds is 4. The number of hydrogen-bond donors (Lipinski definition) is 4. The molecule has 0 bridgehead atoms. The number of fused-ring (bicyclic) bond motifs is 3. The highest BCUT2D eigenvalue weighted by atomic mass is 19.1. The lowest BCUT2D eigenvalue weighted by molar-refractivity contribution is -0.121. The van der Waals surface area contributed by atoms with Crippen LogP contribution in [-0.4, -0.2) is 47.7 Å². The van der Waals surface area contributed by atoms with E-state index in [1.165, 1.54) is 6.20 Å². The lowest BCUT2D eigenvalue weighted by Crippen LogP contribution is -2.32. The monoisotopic (exact) mass is 515 g/mol. The molecular weight excluding hydrogens is 489 g/mol. The fourth-order valence-corrected chi connectivity index (χ4v) is 5.07. The van der Waals surface area contributed by atoms with Crippen LogP contribution in [0.1, 0.15) is 22.7 Å². The number of carbonyl (C=O) groups excluding carboxylic acids is 1. The second-order valence-electron chi connectivity index (χ2n) is 9.18. The van der Waals surface area contributed by atoms with E-state index in [9.17, 15) is 4.79 Å². The van der Waals surface area contributed by atoms with Gasteiger partial charge in [0.2, 0.25) is 17.7 Å². The van der Waals surface area contributed by atoms with Crippen LogP contribution in [0, 0.1) is 12.7 Å². The Hall–Kier alpha value is -4.67. The van der Waals surface area contributed by atoms with Crippen LogP contribution in [0.25, 0.3) is 22.0 Å². The van der Waals surface area contributed by atoms with E-state index in [0.29, 0.717) is 54.2 Å². The Labute approximate surface area is 217 Å². The number of nitrogens with two attached hydrogens (primary N) is 1. The molecule has 4 aromatic rings. The number of hydrogen-bond acceptors (Lipinski definition) is 9. The summed E-state index contributed by atoms with van der Waals surface area (Å²) in [5, 5.41) is 9.71. The highest BCUT2D eigenvalue weighted by Crippen LogP contribution is 2.39. The van der Waals surface area contributed by atoms with Gasteiger partial charge in [0.05, 0.1) is 18.3 Å². The first-order valence-corrected chi connectivity index (χ1v) is 12.3. The maximum Gasteiger partial charge on any atom is 0.247 e. The molecule has 6 rings (SSSR count). The second-order valence-corrected chi connectivity index (χ2v) is 9.18. The van der Waals surface area contributed by atoms with Gasteiger partial charge in [-0.15, -0.1) is 0 Å². The molecular formula is C27H26FN7O3. The molecule has 38 heavy (non-hydrogen) atoms. The van der Waals surface area contributed by atoms with Crippen LogP contribution in [-0.2, 0) is 11.2 Å². The highest BCUT2D eigenvalue weighted by Gasteiger charge is 2.29. The molecule has 2 aromatic carbocycles. The average Bonchev–Trinajstić information content (AvgIpc) is 3.09. The van der Waals surface area contributed by atoms with Gasteiger partial charge in [0.15, 0.2) is 5.82 Å². The Morgan fingerprint density at radius 2 is 2.05 bits per heavy atom. The summed E-state index contributed by atoms with van der Waals surface area (Å²) >= 11 is 0. The molecule has 0 saturated heterocycles. The fourth-order valence-electron chi connectivity index (χ4n) is 5.07. The Bertz CT molecular complexity index is 1590. The summed E-state index contributed by atoms with van der Waals surface area (Å²) in [6.07, 6.45) is 3.67. The van der Waals surface area contributed by atoms with E-state index in [1.54, 1.807) is 19.4 Å². The molecule has 10 nitrogen and oxygen atoms in total. The quantitative estimate of drug-likeness (QED) is 0.302. The number of amides is 1. The zero-order chi connectivity index (χ0) is 26.4. The molecule has 0 fully saturated rings. The van der Waals surface area contributed by atoms with E-state index in [4.69, 9.17) is 15.2 Å². The Morgan fingerprint density at radius 1 is 1.18 bits per heavy atom. The second kappa shape index (κ2) is 9.33. The van der Waals surface area contributed by atoms with Gasteiger partial charge in [-0.05, 0) is 36.6 Å². The van der Waals surface area contributed by atoms with Crippen molar-refractivity contribution in [3.63, 3.8) is 0 Å². The first kappa shape index (κ1) is 23.7. The molecule has 1 amide bonds. The molecule has 2 aliphatic rings. The van der Waals surface area contributed by atoms with Crippen LogP contribution in [0.5, 0.6) is 11.6 Å². The molecule has 0 spiro atoms. The molecule has 4 heterocycles. The first-order chi connectivity index (χ1) is 18.5. The molecule has 5 N–H and O–H groups in total. The zero-order valence-corrected chi connectivity index (χ0v) is 20.9. The minimum Gasteiger partial charge on any atom is -0.496 e. The number of nitrogens with one attached hydrogen (secondary N) is 3. The molecule has 11 heteroatoms. The Morgan fingerprint density at radius 3 is 2.89 bits per heavy atom. The van der Waals surface area contributed by atoms with Crippen LogP contribution >= 0.6 is 0 Å². The standard InChI is InChI=1S/C27H26FN7O3/c1-13-17(11-32-26-23(13)30-8-9-38-26)16-10-19-18(22(29)21(16)28)12-33-27(34-19)35-24-15-4-3-5-20(37-2)14(15)6-7-31-25(24)36/h3-5,10-12,24,30H,6-9,29H2,1-2H3,(H,31,36)(H,33,34,35).